The fourth-order valence-electron chi connectivity index (χ4n) is 2.21. The van der Waals surface area contributed by atoms with Gasteiger partial charge in [0.1, 0.15) is 5.76 Å². The van der Waals surface area contributed by atoms with Crippen molar-refractivity contribution in [1.29, 1.82) is 0 Å². The van der Waals surface area contributed by atoms with E-state index in [1.165, 1.54) is 26.1 Å². The Labute approximate surface area is 97.2 Å². The van der Waals surface area contributed by atoms with Crippen LogP contribution in [0.1, 0.15) is 24.8 Å². The molecule has 0 amide bonds. The average molecular weight is 223 g/mol. The molecular formula is C12H21N3O. The zero-order valence-corrected chi connectivity index (χ0v) is 10.3. The highest BCUT2D eigenvalue weighted by Crippen LogP contribution is 2.09. The summed E-state index contributed by atoms with van der Waals surface area (Å²) in [5.74, 6) is 0.902. The van der Waals surface area contributed by atoms with Gasteiger partial charge in [0.05, 0.1) is 5.69 Å². The molecule has 0 saturated carbocycles. The molecule has 90 valence electrons. The Kier molecular flexibility index (Phi) is 3.96. The number of piperazine rings is 1. The summed E-state index contributed by atoms with van der Waals surface area (Å²) in [4.78, 5) is 4.98. The van der Waals surface area contributed by atoms with Crippen LogP contribution in [-0.2, 0) is 6.54 Å². The molecule has 0 radical (unpaired) electrons. The molecule has 1 aliphatic heterocycles. The predicted octanol–water partition coefficient (Wildman–Crippen LogP) is 1.51. The Bertz CT molecular complexity index is 316. The quantitative estimate of drug-likeness (QED) is 0.774. The number of rotatable bonds is 4. The van der Waals surface area contributed by atoms with E-state index in [4.69, 9.17) is 4.52 Å². The molecule has 1 aromatic heterocycles. The molecule has 0 aliphatic carbocycles. The highest BCUT2D eigenvalue weighted by atomic mass is 16.5. The second-order valence-corrected chi connectivity index (χ2v) is 4.55. The van der Waals surface area contributed by atoms with E-state index < -0.39 is 0 Å². The summed E-state index contributed by atoms with van der Waals surface area (Å²) in [6.07, 6.45) is 1.25. The lowest BCUT2D eigenvalue weighted by atomic mass is 10.2. The van der Waals surface area contributed by atoms with E-state index >= 15 is 0 Å². The lowest BCUT2D eigenvalue weighted by Crippen LogP contribution is -2.46. The summed E-state index contributed by atoms with van der Waals surface area (Å²) in [5, 5.41) is 4.03. The minimum Gasteiger partial charge on any atom is -0.361 e. The molecule has 0 spiro atoms. The molecule has 4 heteroatoms. The maximum Gasteiger partial charge on any atom is 0.133 e. The van der Waals surface area contributed by atoms with Crippen LogP contribution in [0.25, 0.3) is 0 Å². The molecule has 0 aromatic carbocycles. The Morgan fingerprint density at radius 1 is 1.25 bits per heavy atom. The SMILES string of the molecule is CCCN1CCN(Cc2cc(C)on2)CC1. The van der Waals surface area contributed by atoms with Crippen molar-refractivity contribution in [3.63, 3.8) is 0 Å². The number of aryl methyl sites for hydroxylation is 1. The molecule has 0 bridgehead atoms. The Hall–Kier alpha value is -0.870. The fraction of sp³-hybridized carbons (Fsp3) is 0.750. The lowest BCUT2D eigenvalue weighted by Gasteiger charge is -2.33. The van der Waals surface area contributed by atoms with Crippen molar-refractivity contribution >= 4 is 0 Å². The molecule has 2 heterocycles. The van der Waals surface area contributed by atoms with Crippen LogP contribution < -0.4 is 0 Å². The van der Waals surface area contributed by atoms with E-state index in [9.17, 15) is 0 Å². The normalized spacial score (nSPS) is 19.1. The molecule has 4 nitrogen and oxygen atoms in total. The van der Waals surface area contributed by atoms with Crippen LogP contribution in [0.4, 0.5) is 0 Å². The average Bonchev–Trinajstić information content (AvgIpc) is 2.67. The molecule has 0 unspecified atom stereocenters. The highest BCUT2D eigenvalue weighted by Gasteiger charge is 2.17. The van der Waals surface area contributed by atoms with Crippen molar-refractivity contribution in [2.24, 2.45) is 0 Å². The van der Waals surface area contributed by atoms with Crippen LogP contribution in [0.15, 0.2) is 10.6 Å². The first kappa shape index (κ1) is 11.6. The van der Waals surface area contributed by atoms with Gasteiger partial charge in [-0.25, -0.2) is 0 Å². The largest absolute Gasteiger partial charge is 0.361 e. The van der Waals surface area contributed by atoms with Gasteiger partial charge in [0.15, 0.2) is 0 Å². The van der Waals surface area contributed by atoms with Gasteiger partial charge in [-0.05, 0) is 19.9 Å². The molecule has 16 heavy (non-hydrogen) atoms. The molecular weight excluding hydrogens is 202 g/mol. The van der Waals surface area contributed by atoms with E-state index in [1.54, 1.807) is 0 Å². The smallest absolute Gasteiger partial charge is 0.133 e. The third-order valence-corrected chi connectivity index (χ3v) is 3.07. The van der Waals surface area contributed by atoms with Crippen molar-refractivity contribution in [3.05, 3.63) is 17.5 Å². The van der Waals surface area contributed by atoms with Crippen molar-refractivity contribution in [2.45, 2.75) is 26.8 Å². The van der Waals surface area contributed by atoms with E-state index in [2.05, 4.69) is 21.9 Å². The number of hydrogen-bond donors (Lipinski definition) is 0. The van der Waals surface area contributed by atoms with Gasteiger partial charge in [0.25, 0.3) is 0 Å². The van der Waals surface area contributed by atoms with Gasteiger partial charge >= 0.3 is 0 Å². The zero-order chi connectivity index (χ0) is 11.4. The van der Waals surface area contributed by atoms with Crippen molar-refractivity contribution < 1.29 is 4.52 Å². The first-order valence-corrected chi connectivity index (χ1v) is 6.15. The Morgan fingerprint density at radius 2 is 1.94 bits per heavy atom. The van der Waals surface area contributed by atoms with E-state index in [0.29, 0.717) is 0 Å². The fourth-order valence-corrected chi connectivity index (χ4v) is 2.21. The third-order valence-electron chi connectivity index (χ3n) is 3.07. The third kappa shape index (κ3) is 3.06. The summed E-state index contributed by atoms with van der Waals surface area (Å²) in [6, 6.07) is 2.03. The minimum atomic E-state index is 0.902. The van der Waals surface area contributed by atoms with Gasteiger partial charge in [-0.3, -0.25) is 4.90 Å². The van der Waals surface area contributed by atoms with Crippen LogP contribution >= 0.6 is 0 Å². The monoisotopic (exact) mass is 223 g/mol. The summed E-state index contributed by atoms with van der Waals surface area (Å²) in [5.41, 5.74) is 1.06. The number of hydrogen-bond acceptors (Lipinski definition) is 4. The second-order valence-electron chi connectivity index (χ2n) is 4.55. The van der Waals surface area contributed by atoms with E-state index in [1.807, 2.05) is 13.0 Å². The van der Waals surface area contributed by atoms with Crippen molar-refractivity contribution in [1.82, 2.24) is 15.0 Å². The molecule has 1 aliphatic rings. The number of nitrogens with zero attached hydrogens (tertiary/aromatic N) is 3. The van der Waals surface area contributed by atoms with Crippen molar-refractivity contribution in [3.8, 4) is 0 Å². The van der Waals surface area contributed by atoms with Crippen LogP contribution in [-0.4, -0.2) is 47.7 Å². The highest BCUT2D eigenvalue weighted by molar-refractivity contribution is 5.03. The van der Waals surface area contributed by atoms with Crippen LogP contribution in [0.5, 0.6) is 0 Å². The summed E-state index contributed by atoms with van der Waals surface area (Å²) >= 11 is 0. The van der Waals surface area contributed by atoms with Crippen molar-refractivity contribution in [2.75, 3.05) is 32.7 Å². The number of aromatic nitrogens is 1. The topological polar surface area (TPSA) is 32.5 Å². The molecule has 1 aromatic rings. The summed E-state index contributed by atoms with van der Waals surface area (Å²) in [7, 11) is 0. The summed E-state index contributed by atoms with van der Waals surface area (Å²) < 4.78 is 5.08. The molecule has 1 fully saturated rings. The Morgan fingerprint density at radius 3 is 2.50 bits per heavy atom. The Balaban J connectivity index is 1.77. The second kappa shape index (κ2) is 5.46. The molecule has 2 rings (SSSR count). The molecule has 1 saturated heterocycles. The van der Waals surface area contributed by atoms with Gasteiger partial charge in [0, 0.05) is 38.8 Å². The summed E-state index contributed by atoms with van der Waals surface area (Å²) in [6.45, 7) is 11.0. The first-order valence-electron chi connectivity index (χ1n) is 6.15. The zero-order valence-electron chi connectivity index (χ0n) is 10.3. The minimum absolute atomic E-state index is 0.902. The van der Waals surface area contributed by atoms with Gasteiger partial charge in [0.2, 0.25) is 0 Å². The van der Waals surface area contributed by atoms with Crippen LogP contribution in [0.3, 0.4) is 0 Å². The molecule has 0 atom stereocenters. The standard InChI is InChI=1S/C12H21N3O/c1-3-4-14-5-7-15(8-6-14)10-12-9-11(2)16-13-12/h9H,3-8,10H2,1-2H3. The van der Waals surface area contributed by atoms with E-state index in [-0.39, 0.29) is 0 Å². The predicted molar refractivity (Wildman–Crippen MR) is 63.2 cm³/mol. The van der Waals surface area contributed by atoms with Gasteiger partial charge in [-0.2, -0.15) is 0 Å². The van der Waals surface area contributed by atoms with Gasteiger partial charge < -0.3 is 9.42 Å². The lowest BCUT2D eigenvalue weighted by molar-refractivity contribution is 0.125. The van der Waals surface area contributed by atoms with Crippen LogP contribution in [0.2, 0.25) is 0 Å². The maximum absolute atomic E-state index is 5.08. The van der Waals surface area contributed by atoms with Gasteiger partial charge in [-0.15, -0.1) is 0 Å². The molecule has 0 N–H and O–H groups in total. The van der Waals surface area contributed by atoms with Gasteiger partial charge in [-0.1, -0.05) is 12.1 Å². The van der Waals surface area contributed by atoms with E-state index in [0.717, 1.165) is 31.1 Å². The maximum atomic E-state index is 5.08. The van der Waals surface area contributed by atoms with Crippen LogP contribution in [0, 0.1) is 6.92 Å². The first-order chi connectivity index (χ1) is 7.78.